The van der Waals surface area contributed by atoms with Crippen LogP contribution in [0.4, 0.5) is 4.39 Å². The lowest BCUT2D eigenvalue weighted by atomic mass is 9.87. The van der Waals surface area contributed by atoms with Crippen LogP contribution < -0.4 is 0 Å². The van der Waals surface area contributed by atoms with Gasteiger partial charge in [0.1, 0.15) is 5.82 Å². The molecule has 1 atom stereocenters. The number of hydrogen-bond acceptors (Lipinski definition) is 2. The van der Waals surface area contributed by atoms with Gasteiger partial charge in [-0.25, -0.2) is 4.39 Å². The Hall–Kier alpha value is -3.44. The topological polar surface area (TPSA) is 28.5 Å². The van der Waals surface area contributed by atoms with Gasteiger partial charge in [0.2, 0.25) is 5.91 Å². The molecule has 4 aromatic rings. The highest BCUT2D eigenvalue weighted by Gasteiger charge is 2.27. The number of likely N-dealkylation sites (N-methyl/N-ethyl adjacent to an activating group) is 1. The summed E-state index contributed by atoms with van der Waals surface area (Å²) >= 11 is 0. The molecule has 4 nitrogen and oxygen atoms in total. The molecule has 2 heterocycles. The van der Waals surface area contributed by atoms with Crippen LogP contribution in [0.3, 0.4) is 0 Å². The lowest BCUT2D eigenvalue weighted by Gasteiger charge is -2.34. The Morgan fingerprint density at radius 1 is 0.886 bits per heavy atom. The van der Waals surface area contributed by atoms with Gasteiger partial charge < -0.3 is 14.4 Å². The summed E-state index contributed by atoms with van der Waals surface area (Å²) < 4.78 is 16.1. The molecule has 0 saturated carbocycles. The minimum Gasteiger partial charge on any atom is -0.343 e. The summed E-state index contributed by atoms with van der Waals surface area (Å²) in [7, 11) is 0. The van der Waals surface area contributed by atoms with Crippen molar-refractivity contribution in [2.24, 2.45) is 0 Å². The molecule has 5 rings (SSSR count). The molecule has 1 unspecified atom stereocenters. The third kappa shape index (κ3) is 5.15. The number of halogens is 1. The molecule has 1 aliphatic rings. The summed E-state index contributed by atoms with van der Waals surface area (Å²) in [4.78, 5) is 17.8. The Morgan fingerprint density at radius 2 is 1.57 bits per heavy atom. The Balaban J connectivity index is 1.51. The van der Waals surface area contributed by atoms with E-state index in [2.05, 4.69) is 65.1 Å². The fourth-order valence-electron chi connectivity index (χ4n) is 5.18. The molecule has 1 saturated heterocycles. The van der Waals surface area contributed by atoms with Gasteiger partial charge in [-0.05, 0) is 41.4 Å². The van der Waals surface area contributed by atoms with Gasteiger partial charge in [0.15, 0.2) is 0 Å². The molecular formula is C30H32FN3O. The number of carbonyl (C=O) groups is 1. The highest BCUT2D eigenvalue weighted by Crippen LogP contribution is 2.35. The highest BCUT2D eigenvalue weighted by atomic mass is 19.1. The number of aromatic nitrogens is 1. The Bertz CT molecular complexity index is 1270. The molecule has 35 heavy (non-hydrogen) atoms. The molecule has 0 radical (unpaired) electrons. The van der Waals surface area contributed by atoms with Crippen molar-refractivity contribution in [3.8, 4) is 0 Å². The summed E-state index contributed by atoms with van der Waals surface area (Å²) in [5.74, 6) is -0.245. The minimum atomic E-state index is -0.263. The van der Waals surface area contributed by atoms with Crippen molar-refractivity contribution in [3.63, 3.8) is 0 Å². The van der Waals surface area contributed by atoms with Crippen LogP contribution in [0.25, 0.3) is 10.9 Å². The maximum Gasteiger partial charge on any atom is 0.223 e. The molecule has 0 bridgehead atoms. The Morgan fingerprint density at radius 3 is 2.29 bits per heavy atom. The van der Waals surface area contributed by atoms with Crippen LogP contribution in [0.5, 0.6) is 0 Å². The molecule has 0 N–H and O–H groups in total. The van der Waals surface area contributed by atoms with E-state index in [-0.39, 0.29) is 17.6 Å². The van der Waals surface area contributed by atoms with Gasteiger partial charge in [0.25, 0.3) is 0 Å². The van der Waals surface area contributed by atoms with Crippen molar-refractivity contribution < 1.29 is 9.18 Å². The van der Waals surface area contributed by atoms with Crippen molar-refractivity contribution in [1.29, 1.82) is 0 Å². The number of para-hydroxylation sites is 1. The number of nitrogens with zero attached hydrogens (tertiary/aromatic N) is 3. The second-order valence-corrected chi connectivity index (χ2v) is 9.34. The van der Waals surface area contributed by atoms with E-state index in [1.165, 1.54) is 17.7 Å². The third-order valence-corrected chi connectivity index (χ3v) is 7.21. The van der Waals surface area contributed by atoms with E-state index < -0.39 is 0 Å². The number of benzene rings is 3. The molecule has 1 aliphatic heterocycles. The number of fused-ring (bicyclic) bond motifs is 1. The van der Waals surface area contributed by atoms with Crippen LogP contribution in [0.1, 0.15) is 36.0 Å². The number of rotatable bonds is 7. The van der Waals surface area contributed by atoms with E-state index in [9.17, 15) is 9.18 Å². The zero-order valence-corrected chi connectivity index (χ0v) is 20.2. The first-order valence-electron chi connectivity index (χ1n) is 12.5. The smallest absolute Gasteiger partial charge is 0.223 e. The quantitative estimate of drug-likeness (QED) is 0.357. The van der Waals surface area contributed by atoms with Crippen LogP contribution in [-0.2, 0) is 11.3 Å². The molecule has 3 aromatic carbocycles. The van der Waals surface area contributed by atoms with Gasteiger partial charge in [-0.3, -0.25) is 4.79 Å². The minimum absolute atomic E-state index is 0.144. The van der Waals surface area contributed by atoms with Crippen molar-refractivity contribution in [2.45, 2.75) is 25.8 Å². The van der Waals surface area contributed by atoms with Crippen molar-refractivity contribution in [3.05, 3.63) is 108 Å². The van der Waals surface area contributed by atoms with Crippen LogP contribution in [-0.4, -0.2) is 53.0 Å². The number of amides is 1. The second-order valence-electron chi connectivity index (χ2n) is 9.34. The Kier molecular flexibility index (Phi) is 6.96. The fraction of sp³-hybridized carbons (Fsp3) is 0.300. The maximum atomic E-state index is 13.8. The third-order valence-electron chi connectivity index (χ3n) is 7.21. The molecule has 5 heteroatoms. The summed E-state index contributed by atoms with van der Waals surface area (Å²) in [6.45, 7) is 7.29. The molecule has 0 spiro atoms. The van der Waals surface area contributed by atoms with Gasteiger partial charge in [-0.1, -0.05) is 67.6 Å². The predicted octanol–water partition coefficient (Wildman–Crippen LogP) is 5.51. The maximum absolute atomic E-state index is 13.8. The summed E-state index contributed by atoms with van der Waals surface area (Å²) in [5.41, 5.74) is 4.45. The lowest BCUT2D eigenvalue weighted by Crippen LogP contribution is -2.48. The average Bonchev–Trinajstić information content (AvgIpc) is 3.26. The molecular weight excluding hydrogens is 437 g/mol. The van der Waals surface area contributed by atoms with Gasteiger partial charge in [0.05, 0.1) is 0 Å². The first-order valence-corrected chi connectivity index (χ1v) is 12.5. The molecule has 1 aromatic heterocycles. The average molecular weight is 470 g/mol. The van der Waals surface area contributed by atoms with Gasteiger partial charge >= 0.3 is 0 Å². The van der Waals surface area contributed by atoms with Crippen molar-refractivity contribution in [2.75, 3.05) is 32.7 Å². The van der Waals surface area contributed by atoms with E-state index in [1.54, 1.807) is 0 Å². The molecule has 0 aliphatic carbocycles. The number of hydrogen-bond donors (Lipinski definition) is 0. The van der Waals surface area contributed by atoms with E-state index in [4.69, 9.17) is 0 Å². The van der Waals surface area contributed by atoms with Gasteiger partial charge in [-0.15, -0.1) is 0 Å². The number of piperazine rings is 1. The summed E-state index contributed by atoms with van der Waals surface area (Å²) in [6, 6.07) is 25.4. The predicted molar refractivity (Wildman–Crippen MR) is 139 cm³/mol. The zero-order chi connectivity index (χ0) is 24.2. The first kappa shape index (κ1) is 23.3. The van der Waals surface area contributed by atoms with Gasteiger partial charge in [-0.2, -0.15) is 0 Å². The first-order chi connectivity index (χ1) is 17.1. The van der Waals surface area contributed by atoms with Crippen molar-refractivity contribution in [1.82, 2.24) is 14.4 Å². The van der Waals surface area contributed by atoms with Crippen LogP contribution in [0, 0.1) is 5.82 Å². The van der Waals surface area contributed by atoms with E-state index in [0.717, 1.165) is 61.3 Å². The lowest BCUT2D eigenvalue weighted by molar-refractivity contribution is -0.133. The van der Waals surface area contributed by atoms with Crippen molar-refractivity contribution >= 4 is 16.8 Å². The standard InChI is InChI=1S/C30H32FN3O/c1-2-32-16-18-33(19-17-32)30(35)20-27(24-12-14-25(31)15-13-24)28-22-34(21-23-8-4-3-5-9-23)29-11-7-6-10-26(28)29/h3-15,22,27H,2,16-21H2,1H3. The Labute approximate surface area is 206 Å². The largest absolute Gasteiger partial charge is 0.343 e. The normalized spacial score (nSPS) is 15.4. The molecule has 180 valence electrons. The monoisotopic (exact) mass is 469 g/mol. The van der Waals surface area contributed by atoms with E-state index >= 15 is 0 Å². The molecule has 1 amide bonds. The van der Waals surface area contributed by atoms with Crippen LogP contribution in [0.2, 0.25) is 0 Å². The highest BCUT2D eigenvalue weighted by molar-refractivity contribution is 5.87. The van der Waals surface area contributed by atoms with Crippen LogP contribution in [0.15, 0.2) is 85.1 Å². The van der Waals surface area contributed by atoms with E-state index in [1.807, 2.05) is 29.2 Å². The zero-order valence-electron chi connectivity index (χ0n) is 20.2. The fourth-order valence-corrected chi connectivity index (χ4v) is 5.18. The molecule has 1 fully saturated rings. The SMILES string of the molecule is CCN1CCN(C(=O)CC(c2ccc(F)cc2)c2cn(Cc3ccccc3)c3ccccc23)CC1. The summed E-state index contributed by atoms with van der Waals surface area (Å²) in [6.07, 6.45) is 2.56. The van der Waals surface area contributed by atoms with E-state index in [0.29, 0.717) is 6.42 Å². The van der Waals surface area contributed by atoms with Gasteiger partial charge in [0, 0.05) is 62.2 Å². The van der Waals surface area contributed by atoms with Crippen LogP contribution >= 0.6 is 0 Å². The second kappa shape index (κ2) is 10.4. The summed E-state index contributed by atoms with van der Waals surface area (Å²) in [5, 5.41) is 1.14. The number of carbonyl (C=O) groups excluding carboxylic acids is 1.